The average molecular weight is 261 g/mol. The highest BCUT2D eigenvalue weighted by atomic mass is 16.5. The van der Waals surface area contributed by atoms with Crippen LogP contribution < -0.4 is 0 Å². The van der Waals surface area contributed by atoms with Gasteiger partial charge in [0.15, 0.2) is 11.6 Å². The zero-order valence-electron chi connectivity index (χ0n) is 9.93. The topological polar surface area (TPSA) is 103 Å². The third kappa shape index (κ3) is 2.52. The van der Waals surface area contributed by atoms with Crippen LogP contribution in [0.25, 0.3) is 11.7 Å². The highest BCUT2D eigenvalue weighted by Crippen LogP contribution is 2.17. The summed E-state index contributed by atoms with van der Waals surface area (Å²) in [6.07, 6.45) is 3.75. The number of rotatable bonds is 5. The van der Waals surface area contributed by atoms with Crippen molar-refractivity contribution < 1.29 is 14.0 Å². The quantitative estimate of drug-likeness (QED) is 0.713. The van der Waals surface area contributed by atoms with Crippen molar-refractivity contribution in [3.05, 3.63) is 36.1 Å². The Morgan fingerprint density at radius 1 is 1.37 bits per heavy atom. The number of aromatic nitrogens is 5. The van der Waals surface area contributed by atoms with Gasteiger partial charge in [0.1, 0.15) is 6.54 Å². The molecule has 0 aliphatic heterocycles. The number of aliphatic hydroxyl groups excluding tert-OH is 1. The van der Waals surface area contributed by atoms with Crippen LogP contribution in [-0.4, -0.2) is 36.8 Å². The summed E-state index contributed by atoms with van der Waals surface area (Å²) in [5.74, 6) is 1.33. The van der Waals surface area contributed by atoms with Gasteiger partial charge in [-0.25, -0.2) is 4.68 Å². The van der Waals surface area contributed by atoms with Gasteiger partial charge in [-0.1, -0.05) is 10.4 Å². The fourth-order valence-electron chi connectivity index (χ4n) is 1.61. The van der Waals surface area contributed by atoms with Crippen molar-refractivity contribution in [1.29, 1.82) is 0 Å². The zero-order chi connectivity index (χ0) is 13.1. The van der Waals surface area contributed by atoms with E-state index in [2.05, 4.69) is 20.5 Å². The van der Waals surface area contributed by atoms with E-state index in [9.17, 15) is 0 Å². The van der Waals surface area contributed by atoms with E-state index < -0.39 is 0 Å². The summed E-state index contributed by atoms with van der Waals surface area (Å²) < 4.78 is 11.8. The molecule has 19 heavy (non-hydrogen) atoms. The third-order valence-electron chi connectivity index (χ3n) is 2.46. The maximum atomic E-state index is 8.80. The Morgan fingerprint density at radius 2 is 2.32 bits per heavy atom. The van der Waals surface area contributed by atoms with Crippen LogP contribution in [0.15, 0.2) is 33.5 Å². The van der Waals surface area contributed by atoms with Crippen LogP contribution in [0.4, 0.5) is 0 Å². The third-order valence-corrected chi connectivity index (χ3v) is 2.46. The van der Waals surface area contributed by atoms with Crippen LogP contribution >= 0.6 is 0 Å². The minimum absolute atomic E-state index is 0.0452. The highest BCUT2D eigenvalue weighted by Gasteiger charge is 2.12. The molecule has 0 aliphatic rings. The molecule has 0 atom stereocenters. The van der Waals surface area contributed by atoms with E-state index in [0.717, 1.165) is 5.69 Å². The van der Waals surface area contributed by atoms with E-state index in [-0.39, 0.29) is 6.61 Å². The lowest BCUT2D eigenvalue weighted by Crippen LogP contribution is -2.02. The smallest absolute Gasteiger partial charge is 0.293 e. The van der Waals surface area contributed by atoms with Crippen molar-refractivity contribution in [3.8, 4) is 11.7 Å². The first-order valence-electron chi connectivity index (χ1n) is 5.71. The number of aliphatic hydroxyl groups is 1. The maximum Gasteiger partial charge on any atom is 0.293 e. The lowest BCUT2D eigenvalue weighted by atomic mass is 10.3. The monoisotopic (exact) mass is 261 g/mol. The fraction of sp³-hybridized carbons (Fsp3) is 0.273. The standard InChI is InChI=1S/C11H11N5O3/c17-4-3-8-6-16(15-13-8)7-10-12-11(19-14-10)9-2-1-5-18-9/h1-2,5-6,17H,3-4,7H2. The van der Waals surface area contributed by atoms with Crippen molar-refractivity contribution >= 4 is 0 Å². The minimum Gasteiger partial charge on any atom is -0.459 e. The van der Waals surface area contributed by atoms with Crippen molar-refractivity contribution in [2.75, 3.05) is 6.61 Å². The summed E-state index contributed by atoms with van der Waals surface area (Å²) in [4.78, 5) is 4.19. The number of furan rings is 1. The Hall–Kier alpha value is -2.48. The number of hydrogen-bond acceptors (Lipinski definition) is 7. The summed E-state index contributed by atoms with van der Waals surface area (Å²) in [5, 5.41) is 20.5. The highest BCUT2D eigenvalue weighted by molar-refractivity contribution is 5.42. The predicted octanol–water partition coefficient (Wildman–Crippen LogP) is 0.504. The lowest BCUT2D eigenvalue weighted by molar-refractivity contribution is 0.298. The van der Waals surface area contributed by atoms with Gasteiger partial charge in [0.2, 0.25) is 0 Å². The van der Waals surface area contributed by atoms with E-state index in [1.165, 1.54) is 6.26 Å². The second-order valence-electron chi connectivity index (χ2n) is 3.87. The van der Waals surface area contributed by atoms with Gasteiger partial charge in [-0.15, -0.1) is 5.10 Å². The summed E-state index contributed by atoms with van der Waals surface area (Å²) in [6.45, 7) is 0.395. The summed E-state index contributed by atoms with van der Waals surface area (Å²) in [5.41, 5.74) is 0.720. The Morgan fingerprint density at radius 3 is 3.11 bits per heavy atom. The van der Waals surface area contributed by atoms with E-state index >= 15 is 0 Å². The van der Waals surface area contributed by atoms with Crippen molar-refractivity contribution in [3.63, 3.8) is 0 Å². The molecule has 0 fully saturated rings. The average Bonchev–Trinajstić information content (AvgIpc) is 3.10. The van der Waals surface area contributed by atoms with Gasteiger partial charge in [-0.05, 0) is 12.1 Å². The Labute approximate surface area is 107 Å². The molecular formula is C11H11N5O3. The van der Waals surface area contributed by atoms with E-state index in [0.29, 0.717) is 30.4 Å². The SMILES string of the molecule is OCCc1cn(Cc2noc(-c3ccco3)n2)nn1. The fourth-order valence-corrected chi connectivity index (χ4v) is 1.61. The molecule has 1 N–H and O–H groups in total. The summed E-state index contributed by atoms with van der Waals surface area (Å²) >= 11 is 0. The molecule has 0 unspecified atom stereocenters. The molecule has 8 heteroatoms. The van der Waals surface area contributed by atoms with Gasteiger partial charge in [-0.2, -0.15) is 4.98 Å². The number of hydrogen-bond donors (Lipinski definition) is 1. The molecule has 3 heterocycles. The second kappa shape index (κ2) is 5.02. The molecule has 0 aliphatic carbocycles. The van der Waals surface area contributed by atoms with Gasteiger partial charge in [0.25, 0.3) is 5.89 Å². The first-order valence-corrected chi connectivity index (χ1v) is 5.71. The van der Waals surface area contributed by atoms with Crippen LogP contribution in [0.2, 0.25) is 0 Å². The summed E-state index contributed by atoms with van der Waals surface area (Å²) in [6, 6.07) is 3.49. The molecule has 0 amide bonds. The van der Waals surface area contributed by atoms with Gasteiger partial charge in [0, 0.05) is 19.2 Å². The maximum absolute atomic E-state index is 8.80. The Kier molecular flexibility index (Phi) is 3.07. The van der Waals surface area contributed by atoms with E-state index in [1.54, 1.807) is 23.0 Å². The summed E-state index contributed by atoms with van der Waals surface area (Å²) in [7, 11) is 0. The lowest BCUT2D eigenvalue weighted by Gasteiger charge is -1.92. The molecule has 0 bridgehead atoms. The van der Waals surface area contributed by atoms with Gasteiger partial charge in [0.05, 0.1) is 12.0 Å². The largest absolute Gasteiger partial charge is 0.459 e. The van der Waals surface area contributed by atoms with Crippen LogP contribution in [0.1, 0.15) is 11.5 Å². The molecule has 0 spiro atoms. The molecule has 98 valence electrons. The van der Waals surface area contributed by atoms with Crippen molar-refractivity contribution in [2.24, 2.45) is 0 Å². The van der Waals surface area contributed by atoms with Crippen LogP contribution in [0, 0.1) is 0 Å². The molecule has 3 aromatic heterocycles. The normalized spacial score (nSPS) is 11.0. The molecular weight excluding hydrogens is 250 g/mol. The van der Waals surface area contributed by atoms with Crippen LogP contribution in [0.5, 0.6) is 0 Å². The first kappa shape index (κ1) is 11.6. The molecule has 0 radical (unpaired) electrons. The van der Waals surface area contributed by atoms with Gasteiger partial charge in [-0.3, -0.25) is 0 Å². The predicted molar refractivity (Wildman–Crippen MR) is 61.9 cm³/mol. The molecule has 0 aromatic carbocycles. The van der Waals surface area contributed by atoms with E-state index in [4.69, 9.17) is 14.0 Å². The van der Waals surface area contributed by atoms with Crippen LogP contribution in [-0.2, 0) is 13.0 Å². The van der Waals surface area contributed by atoms with Crippen LogP contribution in [0.3, 0.4) is 0 Å². The molecule has 3 aromatic rings. The molecule has 3 rings (SSSR count). The minimum atomic E-state index is 0.0452. The molecule has 8 nitrogen and oxygen atoms in total. The van der Waals surface area contributed by atoms with Gasteiger partial charge < -0.3 is 14.0 Å². The first-order chi connectivity index (χ1) is 9.35. The van der Waals surface area contributed by atoms with Crippen molar-refractivity contribution in [2.45, 2.75) is 13.0 Å². The Balaban J connectivity index is 1.72. The zero-order valence-corrected chi connectivity index (χ0v) is 9.93. The van der Waals surface area contributed by atoms with Crippen molar-refractivity contribution in [1.82, 2.24) is 25.1 Å². The molecule has 0 saturated carbocycles. The molecule has 0 saturated heterocycles. The Bertz CT molecular complexity index is 643. The number of nitrogens with zero attached hydrogens (tertiary/aromatic N) is 5. The van der Waals surface area contributed by atoms with E-state index in [1.807, 2.05) is 0 Å². The van der Waals surface area contributed by atoms with Gasteiger partial charge >= 0.3 is 0 Å². The second-order valence-corrected chi connectivity index (χ2v) is 3.87.